The largest absolute Gasteiger partial charge is 0.496 e. The molecule has 7 heteroatoms. The van der Waals surface area contributed by atoms with Crippen LogP contribution in [0.3, 0.4) is 0 Å². The lowest BCUT2D eigenvalue weighted by atomic mass is 9.94. The number of ether oxygens (including phenoxy) is 2. The third kappa shape index (κ3) is 5.09. The normalized spacial score (nSPS) is 15.1. The second-order valence-electron chi connectivity index (χ2n) is 8.33. The maximum absolute atomic E-state index is 13.5. The molecule has 0 heterocycles. The van der Waals surface area contributed by atoms with Gasteiger partial charge < -0.3 is 14.8 Å². The van der Waals surface area contributed by atoms with E-state index in [1.165, 1.54) is 37.5 Å². The van der Waals surface area contributed by atoms with E-state index in [2.05, 4.69) is 17.4 Å². The van der Waals surface area contributed by atoms with Gasteiger partial charge in [0.25, 0.3) is 0 Å². The molecule has 34 heavy (non-hydrogen) atoms. The maximum Gasteiger partial charge on any atom is 0.416 e. The van der Waals surface area contributed by atoms with Gasteiger partial charge in [0.15, 0.2) is 0 Å². The molecule has 0 fully saturated rings. The van der Waals surface area contributed by atoms with Crippen molar-refractivity contribution in [3.8, 4) is 16.9 Å². The Balaban J connectivity index is 1.71. The predicted octanol–water partition coefficient (Wildman–Crippen LogP) is 5.87. The first-order valence-electron chi connectivity index (χ1n) is 11.1. The van der Waals surface area contributed by atoms with Crippen LogP contribution in [0.4, 0.5) is 13.2 Å². The molecule has 0 unspecified atom stereocenters. The first-order chi connectivity index (χ1) is 16.3. The summed E-state index contributed by atoms with van der Waals surface area (Å²) in [5.41, 5.74) is 4.19. The SMILES string of the molecule is COC(=O)Cc1ccc(OC)c(-c2ccc(C(F)(F)F)cc2CN[C@@H]2CCc3ccccc32)c1. The van der Waals surface area contributed by atoms with E-state index in [0.717, 1.165) is 18.9 Å². The molecule has 0 aliphatic heterocycles. The Bertz CT molecular complexity index is 1190. The predicted molar refractivity (Wildman–Crippen MR) is 123 cm³/mol. The Kier molecular flexibility index (Phi) is 6.93. The van der Waals surface area contributed by atoms with E-state index in [1.54, 1.807) is 18.2 Å². The zero-order valence-corrected chi connectivity index (χ0v) is 19.0. The lowest BCUT2D eigenvalue weighted by Crippen LogP contribution is -2.19. The summed E-state index contributed by atoms with van der Waals surface area (Å²) >= 11 is 0. The van der Waals surface area contributed by atoms with Gasteiger partial charge in [-0.2, -0.15) is 13.2 Å². The zero-order chi connectivity index (χ0) is 24.3. The number of carbonyl (C=O) groups is 1. The third-order valence-corrected chi connectivity index (χ3v) is 6.23. The topological polar surface area (TPSA) is 47.6 Å². The summed E-state index contributed by atoms with van der Waals surface area (Å²) < 4.78 is 50.9. The van der Waals surface area contributed by atoms with Gasteiger partial charge in [0.1, 0.15) is 5.75 Å². The van der Waals surface area contributed by atoms with Crippen LogP contribution in [0.2, 0.25) is 0 Å². The van der Waals surface area contributed by atoms with Crippen LogP contribution in [0.15, 0.2) is 60.7 Å². The number of alkyl halides is 3. The summed E-state index contributed by atoms with van der Waals surface area (Å²) in [4.78, 5) is 11.8. The Morgan fingerprint density at radius 2 is 1.82 bits per heavy atom. The molecule has 1 N–H and O–H groups in total. The van der Waals surface area contributed by atoms with Crippen molar-refractivity contribution in [1.82, 2.24) is 5.32 Å². The van der Waals surface area contributed by atoms with Gasteiger partial charge in [-0.25, -0.2) is 0 Å². The van der Waals surface area contributed by atoms with E-state index in [9.17, 15) is 18.0 Å². The van der Waals surface area contributed by atoms with Crippen molar-refractivity contribution in [2.45, 2.75) is 38.0 Å². The molecule has 4 nitrogen and oxygen atoms in total. The number of nitrogens with one attached hydrogen (secondary N) is 1. The fourth-order valence-corrected chi connectivity index (χ4v) is 4.50. The van der Waals surface area contributed by atoms with Gasteiger partial charge in [-0.3, -0.25) is 4.79 Å². The van der Waals surface area contributed by atoms with Crippen LogP contribution < -0.4 is 10.1 Å². The average molecular weight is 470 g/mol. The molecule has 1 aliphatic carbocycles. The Hall–Kier alpha value is -3.32. The highest BCUT2D eigenvalue weighted by Gasteiger charge is 2.31. The van der Waals surface area contributed by atoms with E-state index in [1.807, 2.05) is 12.1 Å². The molecule has 0 radical (unpaired) electrons. The van der Waals surface area contributed by atoms with Crippen molar-refractivity contribution in [3.05, 3.63) is 88.5 Å². The van der Waals surface area contributed by atoms with Crippen molar-refractivity contribution >= 4 is 5.97 Å². The van der Waals surface area contributed by atoms with Crippen molar-refractivity contribution in [2.75, 3.05) is 14.2 Å². The fraction of sp³-hybridized carbons (Fsp3) is 0.296. The van der Waals surface area contributed by atoms with E-state index >= 15 is 0 Å². The molecule has 178 valence electrons. The summed E-state index contributed by atoms with van der Waals surface area (Å²) in [5, 5.41) is 3.45. The Morgan fingerprint density at radius 3 is 2.56 bits per heavy atom. The first-order valence-corrected chi connectivity index (χ1v) is 11.1. The van der Waals surface area contributed by atoms with Gasteiger partial charge in [0.05, 0.1) is 26.2 Å². The molecule has 0 spiro atoms. The number of aryl methyl sites for hydroxylation is 1. The quantitative estimate of drug-likeness (QED) is 0.440. The minimum atomic E-state index is -4.45. The van der Waals surface area contributed by atoms with Gasteiger partial charge in [-0.05, 0) is 64.9 Å². The zero-order valence-electron chi connectivity index (χ0n) is 19.0. The highest BCUT2D eigenvalue weighted by Crippen LogP contribution is 2.38. The first kappa shape index (κ1) is 23.8. The van der Waals surface area contributed by atoms with Crippen molar-refractivity contribution in [2.24, 2.45) is 0 Å². The van der Waals surface area contributed by atoms with E-state index in [4.69, 9.17) is 9.47 Å². The second-order valence-corrected chi connectivity index (χ2v) is 8.33. The highest BCUT2D eigenvalue weighted by molar-refractivity contribution is 5.77. The van der Waals surface area contributed by atoms with Gasteiger partial charge in [0.2, 0.25) is 0 Å². The molecule has 0 amide bonds. The van der Waals surface area contributed by atoms with E-state index < -0.39 is 17.7 Å². The molecule has 1 aliphatic rings. The Labute approximate surface area is 196 Å². The summed E-state index contributed by atoms with van der Waals surface area (Å²) in [6.45, 7) is 0.253. The summed E-state index contributed by atoms with van der Waals surface area (Å²) in [6.07, 6.45) is -2.57. The standard InChI is InChI=1S/C27H26F3NO3/c1-33-25-12-7-17(14-26(32)34-2)13-23(25)21-10-9-20(27(28,29)30)15-19(21)16-31-24-11-8-18-5-3-4-6-22(18)24/h3-7,9-10,12-13,15,24,31H,8,11,14,16H2,1-2H3/t24-/m1/s1. The van der Waals surface area contributed by atoms with E-state index in [0.29, 0.717) is 28.0 Å². The number of fused-ring (bicyclic) bond motifs is 1. The number of rotatable bonds is 7. The van der Waals surface area contributed by atoms with Crippen LogP contribution in [0.5, 0.6) is 5.75 Å². The molecule has 0 saturated heterocycles. The molecule has 0 bridgehead atoms. The van der Waals surface area contributed by atoms with Crippen LogP contribution in [-0.2, 0) is 35.1 Å². The molecule has 1 atom stereocenters. The smallest absolute Gasteiger partial charge is 0.416 e. The van der Waals surface area contributed by atoms with Crippen LogP contribution in [0.25, 0.3) is 11.1 Å². The fourth-order valence-electron chi connectivity index (χ4n) is 4.50. The molecule has 0 saturated carbocycles. The summed E-state index contributed by atoms with van der Waals surface area (Å²) in [7, 11) is 2.82. The molecule has 3 aromatic carbocycles. The lowest BCUT2D eigenvalue weighted by Gasteiger charge is -2.19. The van der Waals surface area contributed by atoms with Gasteiger partial charge in [-0.15, -0.1) is 0 Å². The maximum atomic E-state index is 13.5. The van der Waals surface area contributed by atoms with Gasteiger partial charge in [-0.1, -0.05) is 36.4 Å². The Morgan fingerprint density at radius 1 is 1.03 bits per heavy atom. The van der Waals surface area contributed by atoms with Crippen LogP contribution in [-0.4, -0.2) is 20.2 Å². The molecule has 4 rings (SSSR count). The molecule has 3 aromatic rings. The van der Waals surface area contributed by atoms with Crippen LogP contribution in [0.1, 0.15) is 40.3 Å². The average Bonchev–Trinajstić information content (AvgIpc) is 3.25. The number of methoxy groups -OCH3 is 2. The summed E-state index contributed by atoms with van der Waals surface area (Å²) in [6, 6.07) is 17.2. The highest BCUT2D eigenvalue weighted by atomic mass is 19.4. The minimum absolute atomic E-state index is 0.0561. The van der Waals surface area contributed by atoms with Crippen molar-refractivity contribution in [1.29, 1.82) is 0 Å². The molecule has 0 aromatic heterocycles. The number of carbonyl (C=O) groups excluding carboxylic acids is 1. The second kappa shape index (κ2) is 9.89. The lowest BCUT2D eigenvalue weighted by molar-refractivity contribution is -0.140. The van der Waals surface area contributed by atoms with Gasteiger partial charge in [0, 0.05) is 18.2 Å². The van der Waals surface area contributed by atoms with E-state index in [-0.39, 0.29) is 19.0 Å². The number of hydrogen-bond acceptors (Lipinski definition) is 4. The van der Waals surface area contributed by atoms with Crippen molar-refractivity contribution < 1.29 is 27.4 Å². The van der Waals surface area contributed by atoms with Gasteiger partial charge >= 0.3 is 12.1 Å². The van der Waals surface area contributed by atoms with Crippen LogP contribution in [0, 0.1) is 0 Å². The monoisotopic (exact) mass is 469 g/mol. The molecular formula is C27H26F3NO3. The number of benzene rings is 3. The number of halogens is 3. The van der Waals surface area contributed by atoms with Crippen LogP contribution >= 0.6 is 0 Å². The number of esters is 1. The minimum Gasteiger partial charge on any atom is -0.496 e. The molecular weight excluding hydrogens is 443 g/mol. The number of hydrogen-bond donors (Lipinski definition) is 1. The third-order valence-electron chi connectivity index (χ3n) is 6.23. The van der Waals surface area contributed by atoms with Crippen molar-refractivity contribution in [3.63, 3.8) is 0 Å². The summed E-state index contributed by atoms with van der Waals surface area (Å²) in [5.74, 6) is 0.117.